The summed E-state index contributed by atoms with van der Waals surface area (Å²) in [6.45, 7) is 7.06. The monoisotopic (exact) mass is 347 g/mol. The van der Waals surface area contributed by atoms with Crippen LogP contribution in [0, 0.1) is 0 Å². The second-order valence-electron chi connectivity index (χ2n) is 4.84. The standard InChI is InChI=1S/C13H19BrClNOSi/c1-4-16-13(17)12-10(15)6-5-7-11(12)18(2,3)9-8-14/h5-7H,4,8-9H2,1-3H3,(H,16,17). The van der Waals surface area contributed by atoms with Crippen molar-refractivity contribution in [3.8, 4) is 0 Å². The molecule has 0 saturated carbocycles. The summed E-state index contributed by atoms with van der Waals surface area (Å²) in [4.78, 5) is 12.2. The fourth-order valence-electron chi connectivity index (χ4n) is 1.94. The fraction of sp³-hybridized carbons (Fsp3) is 0.462. The van der Waals surface area contributed by atoms with Crippen LogP contribution in [0.5, 0.6) is 0 Å². The summed E-state index contributed by atoms with van der Waals surface area (Å²) in [5.41, 5.74) is 0.665. The van der Waals surface area contributed by atoms with Gasteiger partial charge in [-0.15, -0.1) is 0 Å². The van der Waals surface area contributed by atoms with E-state index in [9.17, 15) is 4.79 Å². The minimum Gasteiger partial charge on any atom is -0.352 e. The summed E-state index contributed by atoms with van der Waals surface area (Å²) in [5.74, 6) is -0.0618. The van der Waals surface area contributed by atoms with Crippen LogP contribution in [0.4, 0.5) is 0 Å². The van der Waals surface area contributed by atoms with E-state index in [4.69, 9.17) is 11.6 Å². The summed E-state index contributed by atoms with van der Waals surface area (Å²) in [5, 5.41) is 5.49. The van der Waals surface area contributed by atoms with Gasteiger partial charge in [-0.3, -0.25) is 4.79 Å². The third kappa shape index (κ3) is 3.59. The van der Waals surface area contributed by atoms with Crippen molar-refractivity contribution in [1.29, 1.82) is 0 Å². The molecule has 0 spiro atoms. The highest BCUT2D eigenvalue weighted by Crippen LogP contribution is 2.20. The summed E-state index contributed by atoms with van der Waals surface area (Å²) in [7, 11) is -1.64. The van der Waals surface area contributed by atoms with Crippen LogP contribution in [0.1, 0.15) is 17.3 Å². The number of benzene rings is 1. The lowest BCUT2D eigenvalue weighted by atomic mass is 10.2. The number of amides is 1. The normalized spacial score (nSPS) is 11.4. The van der Waals surface area contributed by atoms with E-state index < -0.39 is 8.07 Å². The molecule has 2 nitrogen and oxygen atoms in total. The minimum absolute atomic E-state index is 0.0618. The topological polar surface area (TPSA) is 29.1 Å². The first-order valence-corrected chi connectivity index (χ1v) is 10.8. The number of alkyl halides is 1. The van der Waals surface area contributed by atoms with Gasteiger partial charge < -0.3 is 5.32 Å². The molecule has 0 aliphatic rings. The summed E-state index contributed by atoms with van der Waals surface area (Å²) < 4.78 is 0. The molecule has 0 atom stereocenters. The van der Waals surface area contributed by atoms with Gasteiger partial charge in [-0.2, -0.15) is 0 Å². The first kappa shape index (κ1) is 15.7. The van der Waals surface area contributed by atoms with Gasteiger partial charge in [0.25, 0.3) is 5.91 Å². The van der Waals surface area contributed by atoms with E-state index in [2.05, 4.69) is 34.3 Å². The number of carbonyl (C=O) groups excluding carboxylic acids is 1. The third-order valence-electron chi connectivity index (χ3n) is 3.03. The van der Waals surface area contributed by atoms with Crippen molar-refractivity contribution >= 4 is 46.7 Å². The third-order valence-corrected chi connectivity index (χ3v) is 7.84. The first-order valence-electron chi connectivity index (χ1n) is 6.07. The van der Waals surface area contributed by atoms with Crippen LogP contribution in [0.15, 0.2) is 18.2 Å². The molecule has 0 unspecified atom stereocenters. The van der Waals surface area contributed by atoms with Crippen LogP contribution in [0.3, 0.4) is 0 Å². The largest absolute Gasteiger partial charge is 0.352 e. The molecular weight excluding hydrogens is 330 g/mol. The van der Waals surface area contributed by atoms with Crippen LogP contribution in [0.25, 0.3) is 0 Å². The Morgan fingerprint density at radius 1 is 1.44 bits per heavy atom. The number of halogens is 2. The Morgan fingerprint density at radius 3 is 2.67 bits per heavy atom. The van der Waals surface area contributed by atoms with Crippen LogP contribution in [-0.4, -0.2) is 25.9 Å². The van der Waals surface area contributed by atoms with Gasteiger partial charge in [0.2, 0.25) is 0 Å². The summed E-state index contributed by atoms with van der Waals surface area (Å²) in [6, 6.07) is 6.85. The second-order valence-corrected chi connectivity index (χ2v) is 10.9. The van der Waals surface area contributed by atoms with Gasteiger partial charge in [0, 0.05) is 11.9 Å². The molecule has 18 heavy (non-hydrogen) atoms. The number of rotatable bonds is 5. The predicted octanol–water partition coefficient (Wildman–Crippen LogP) is 3.40. The maximum Gasteiger partial charge on any atom is 0.252 e. The average Bonchev–Trinajstić information content (AvgIpc) is 2.28. The predicted molar refractivity (Wildman–Crippen MR) is 85.2 cm³/mol. The van der Waals surface area contributed by atoms with Crippen molar-refractivity contribution in [2.45, 2.75) is 26.1 Å². The molecule has 1 amide bonds. The van der Waals surface area contributed by atoms with E-state index >= 15 is 0 Å². The summed E-state index contributed by atoms with van der Waals surface area (Å²) >= 11 is 9.71. The zero-order chi connectivity index (χ0) is 13.8. The highest BCUT2D eigenvalue weighted by molar-refractivity contribution is 9.09. The van der Waals surface area contributed by atoms with Crippen molar-refractivity contribution in [2.24, 2.45) is 0 Å². The molecule has 0 aliphatic carbocycles. The lowest BCUT2D eigenvalue weighted by molar-refractivity contribution is 0.0957. The maximum absolute atomic E-state index is 12.2. The van der Waals surface area contributed by atoms with E-state index in [1.54, 1.807) is 6.07 Å². The molecule has 0 fully saturated rings. The molecule has 1 rings (SSSR count). The van der Waals surface area contributed by atoms with Crippen LogP contribution >= 0.6 is 27.5 Å². The number of hydrogen-bond donors (Lipinski definition) is 1. The molecular formula is C13H19BrClNOSi. The van der Waals surface area contributed by atoms with Crippen LogP contribution < -0.4 is 10.5 Å². The minimum atomic E-state index is -1.64. The Balaban J connectivity index is 3.27. The first-order chi connectivity index (χ1) is 8.44. The summed E-state index contributed by atoms with van der Waals surface area (Å²) in [6.07, 6.45) is 0. The van der Waals surface area contributed by atoms with Crippen molar-refractivity contribution in [1.82, 2.24) is 5.32 Å². The molecule has 0 heterocycles. The average molecular weight is 349 g/mol. The lowest BCUT2D eigenvalue weighted by Crippen LogP contribution is -2.46. The molecule has 100 valence electrons. The zero-order valence-corrected chi connectivity index (χ0v) is 14.4. The quantitative estimate of drug-likeness (QED) is 0.641. The lowest BCUT2D eigenvalue weighted by Gasteiger charge is -2.25. The number of carbonyl (C=O) groups is 1. The molecule has 0 aromatic heterocycles. The van der Waals surface area contributed by atoms with Gasteiger partial charge in [-0.1, -0.05) is 52.8 Å². The Labute approximate surface area is 123 Å². The SMILES string of the molecule is CCNC(=O)c1c(Cl)cccc1[Si](C)(C)CCBr. The highest BCUT2D eigenvalue weighted by Gasteiger charge is 2.28. The van der Waals surface area contributed by atoms with E-state index in [-0.39, 0.29) is 5.91 Å². The molecule has 1 N–H and O–H groups in total. The van der Waals surface area contributed by atoms with Crippen molar-refractivity contribution in [3.63, 3.8) is 0 Å². The van der Waals surface area contributed by atoms with Crippen molar-refractivity contribution < 1.29 is 4.79 Å². The van der Waals surface area contributed by atoms with E-state index in [0.717, 1.165) is 16.6 Å². The molecule has 0 bridgehead atoms. The molecule has 1 aromatic carbocycles. The Hall–Kier alpha value is -0.323. The highest BCUT2D eigenvalue weighted by atomic mass is 79.9. The molecule has 1 aromatic rings. The molecule has 5 heteroatoms. The van der Waals surface area contributed by atoms with E-state index in [1.807, 2.05) is 19.1 Å². The molecule has 0 aliphatic heterocycles. The number of hydrogen-bond acceptors (Lipinski definition) is 1. The fourth-order valence-corrected chi connectivity index (χ4v) is 7.47. The Bertz CT molecular complexity index is 437. The molecule has 0 saturated heterocycles. The Kier molecular flexibility index (Phi) is 5.88. The van der Waals surface area contributed by atoms with Crippen molar-refractivity contribution in [2.75, 3.05) is 11.9 Å². The zero-order valence-electron chi connectivity index (χ0n) is 11.0. The van der Waals surface area contributed by atoms with Crippen LogP contribution in [-0.2, 0) is 0 Å². The van der Waals surface area contributed by atoms with Gasteiger partial charge >= 0.3 is 0 Å². The number of nitrogens with one attached hydrogen (secondary N) is 1. The molecule has 0 radical (unpaired) electrons. The van der Waals surface area contributed by atoms with Gasteiger partial charge in [0.15, 0.2) is 0 Å². The van der Waals surface area contributed by atoms with Gasteiger partial charge in [0.05, 0.1) is 18.7 Å². The van der Waals surface area contributed by atoms with Crippen LogP contribution in [0.2, 0.25) is 24.2 Å². The maximum atomic E-state index is 12.2. The van der Waals surface area contributed by atoms with E-state index in [0.29, 0.717) is 17.1 Å². The smallest absolute Gasteiger partial charge is 0.252 e. The second kappa shape index (κ2) is 6.73. The van der Waals surface area contributed by atoms with Crippen molar-refractivity contribution in [3.05, 3.63) is 28.8 Å². The Morgan fingerprint density at radius 2 is 2.11 bits per heavy atom. The van der Waals surface area contributed by atoms with E-state index in [1.165, 1.54) is 0 Å². The van der Waals surface area contributed by atoms with Gasteiger partial charge in [-0.05, 0) is 24.2 Å². The van der Waals surface area contributed by atoms with Gasteiger partial charge in [0.1, 0.15) is 0 Å². The van der Waals surface area contributed by atoms with Gasteiger partial charge in [-0.25, -0.2) is 0 Å².